The van der Waals surface area contributed by atoms with Crippen LogP contribution in [-0.4, -0.2) is 34.1 Å². The smallest absolute Gasteiger partial charge is 0.338 e. The summed E-state index contributed by atoms with van der Waals surface area (Å²) in [6, 6.07) is 6.46. The van der Waals surface area contributed by atoms with E-state index in [0.29, 0.717) is 12.1 Å². The van der Waals surface area contributed by atoms with Crippen LogP contribution in [0.2, 0.25) is 0 Å². The number of benzene rings is 1. The quantitative estimate of drug-likeness (QED) is 0.761. The molecule has 1 aliphatic carbocycles. The Bertz CT molecular complexity index is 630. The van der Waals surface area contributed by atoms with Crippen LogP contribution in [0.1, 0.15) is 35.2 Å². The normalized spacial score (nSPS) is 21.7. The highest BCUT2D eigenvalue weighted by atomic mass is 32.2. The number of nitrogens with two attached hydrogens (primary N) is 1. The summed E-state index contributed by atoms with van der Waals surface area (Å²) in [7, 11) is -2.26. The summed E-state index contributed by atoms with van der Waals surface area (Å²) in [5, 5.41) is 0. The fourth-order valence-electron chi connectivity index (χ4n) is 2.91. The van der Waals surface area contributed by atoms with Gasteiger partial charge in [-0.1, -0.05) is 24.6 Å². The molecular weight excluding hydrogens is 304 g/mol. The highest BCUT2D eigenvalue weighted by Gasteiger charge is 2.30. The molecule has 2 unspecified atom stereocenters. The number of hydrogen-bond acceptors (Lipinski definition) is 5. The van der Waals surface area contributed by atoms with Crippen molar-refractivity contribution in [1.82, 2.24) is 4.72 Å². The summed E-state index contributed by atoms with van der Waals surface area (Å²) in [6.07, 6.45) is 2.73. The van der Waals surface area contributed by atoms with Crippen molar-refractivity contribution in [3.63, 3.8) is 0 Å². The molecule has 7 heteroatoms. The molecule has 3 N–H and O–H groups in total. The van der Waals surface area contributed by atoms with Crippen LogP contribution in [0.5, 0.6) is 0 Å². The van der Waals surface area contributed by atoms with E-state index < -0.39 is 16.0 Å². The molecule has 1 fully saturated rings. The lowest BCUT2D eigenvalue weighted by molar-refractivity contribution is 0.0600. The minimum atomic E-state index is -3.54. The third-order valence-corrected chi connectivity index (χ3v) is 5.41. The van der Waals surface area contributed by atoms with Gasteiger partial charge in [0.2, 0.25) is 10.0 Å². The first-order valence-electron chi connectivity index (χ1n) is 7.33. The highest BCUT2D eigenvalue weighted by Crippen LogP contribution is 2.25. The van der Waals surface area contributed by atoms with E-state index in [1.165, 1.54) is 7.11 Å². The molecule has 1 saturated carbocycles. The van der Waals surface area contributed by atoms with Gasteiger partial charge >= 0.3 is 5.97 Å². The Balaban J connectivity index is 2.14. The molecule has 1 aromatic rings. The van der Waals surface area contributed by atoms with Crippen molar-refractivity contribution in [3.05, 3.63) is 35.4 Å². The van der Waals surface area contributed by atoms with Crippen molar-refractivity contribution < 1.29 is 17.9 Å². The van der Waals surface area contributed by atoms with E-state index in [-0.39, 0.29) is 23.3 Å². The van der Waals surface area contributed by atoms with Crippen molar-refractivity contribution in [1.29, 1.82) is 0 Å². The molecule has 0 radical (unpaired) electrons. The first-order chi connectivity index (χ1) is 10.5. The monoisotopic (exact) mass is 326 g/mol. The fraction of sp³-hybridized carbons (Fsp3) is 0.533. The second-order valence-electron chi connectivity index (χ2n) is 5.56. The van der Waals surface area contributed by atoms with Gasteiger partial charge in [0.1, 0.15) is 0 Å². The Morgan fingerprint density at radius 2 is 2.09 bits per heavy atom. The number of esters is 1. The van der Waals surface area contributed by atoms with Gasteiger partial charge in [0.25, 0.3) is 0 Å². The number of ether oxygens (including phenoxy) is 1. The lowest BCUT2D eigenvalue weighted by atomic mass is 10.1. The predicted octanol–water partition coefficient (Wildman–Crippen LogP) is 1.02. The Labute approximate surface area is 131 Å². The standard InChI is InChI=1S/C15H22N2O4S/c1-21-15(18)13-7-3-2-5-12(13)10-22(19,20)17-14-8-4-6-11(14)9-16/h2-3,5,7,11,14,17H,4,6,8-10,16H2,1H3. The first-order valence-corrected chi connectivity index (χ1v) is 8.98. The topological polar surface area (TPSA) is 98.5 Å². The second-order valence-corrected chi connectivity index (χ2v) is 7.31. The maximum Gasteiger partial charge on any atom is 0.338 e. The summed E-state index contributed by atoms with van der Waals surface area (Å²) in [4.78, 5) is 11.7. The van der Waals surface area contributed by atoms with E-state index in [1.807, 2.05) is 0 Å². The SMILES string of the molecule is COC(=O)c1ccccc1CS(=O)(=O)NC1CCCC1CN. The van der Waals surface area contributed by atoms with Crippen LogP contribution in [0, 0.1) is 5.92 Å². The number of carbonyl (C=O) groups excluding carboxylic acids is 1. The van der Waals surface area contributed by atoms with Gasteiger partial charge < -0.3 is 10.5 Å². The average molecular weight is 326 g/mol. The molecule has 0 spiro atoms. The van der Waals surface area contributed by atoms with Gasteiger partial charge in [-0.25, -0.2) is 17.9 Å². The number of nitrogens with one attached hydrogen (secondary N) is 1. The Hall–Kier alpha value is -1.44. The number of methoxy groups -OCH3 is 1. The molecule has 2 atom stereocenters. The third kappa shape index (κ3) is 4.06. The Morgan fingerprint density at radius 1 is 1.36 bits per heavy atom. The minimum absolute atomic E-state index is 0.111. The highest BCUT2D eigenvalue weighted by molar-refractivity contribution is 7.88. The molecule has 6 nitrogen and oxygen atoms in total. The van der Waals surface area contributed by atoms with Gasteiger partial charge in [0.15, 0.2) is 0 Å². The fourth-order valence-corrected chi connectivity index (χ4v) is 4.42. The lowest BCUT2D eigenvalue weighted by Gasteiger charge is -2.19. The molecule has 0 aromatic heterocycles. The molecule has 2 rings (SSSR count). The van der Waals surface area contributed by atoms with Crippen molar-refractivity contribution >= 4 is 16.0 Å². The molecule has 122 valence electrons. The number of sulfonamides is 1. The van der Waals surface area contributed by atoms with Gasteiger partial charge in [-0.3, -0.25) is 0 Å². The van der Waals surface area contributed by atoms with E-state index in [4.69, 9.17) is 5.73 Å². The Kier molecular flexibility index (Phi) is 5.55. The van der Waals surface area contributed by atoms with Crippen molar-refractivity contribution in [2.24, 2.45) is 11.7 Å². The molecular formula is C15H22N2O4S. The summed E-state index contributed by atoms with van der Waals surface area (Å²) in [6.45, 7) is 0.478. The molecule has 22 heavy (non-hydrogen) atoms. The van der Waals surface area contributed by atoms with Crippen molar-refractivity contribution in [3.8, 4) is 0 Å². The largest absolute Gasteiger partial charge is 0.465 e. The summed E-state index contributed by atoms with van der Waals surface area (Å²) < 4.78 is 32.2. The molecule has 0 aliphatic heterocycles. The third-order valence-electron chi connectivity index (χ3n) is 4.06. The van der Waals surface area contributed by atoms with E-state index in [0.717, 1.165) is 19.3 Å². The lowest BCUT2D eigenvalue weighted by Crippen LogP contribution is -2.40. The van der Waals surface area contributed by atoms with Gasteiger partial charge in [-0.15, -0.1) is 0 Å². The van der Waals surface area contributed by atoms with Crippen LogP contribution >= 0.6 is 0 Å². The molecule has 1 aliphatic rings. The first kappa shape index (κ1) is 16.9. The molecule has 0 bridgehead atoms. The molecule has 1 aromatic carbocycles. The maximum absolute atomic E-state index is 12.4. The van der Waals surface area contributed by atoms with E-state index in [9.17, 15) is 13.2 Å². The summed E-state index contributed by atoms with van der Waals surface area (Å²) >= 11 is 0. The zero-order valence-corrected chi connectivity index (χ0v) is 13.4. The van der Waals surface area contributed by atoms with Crippen molar-refractivity contribution in [2.45, 2.75) is 31.1 Å². The Morgan fingerprint density at radius 3 is 2.77 bits per heavy atom. The second kappa shape index (κ2) is 7.21. The zero-order chi connectivity index (χ0) is 16.2. The van der Waals surface area contributed by atoms with Crippen LogP contribution in [0.3, 0.4) is 0 Å². The van der Waals surface area contributed by atoms with E-state index >= 15 is 0 Å². The number of rotatable bonds is 6. The predicted molar refractivity (Wildman–Crippen MR) is 83.7 cm³/mol. The van der Waals surface area contributed by atoms with Gasteiger partial charge in [0.05, 0.1) is 18.4 Å². The minimum Gasteiger partial charge on any atom is -0.465 e. The van der Waals surface area contributed by atoms with Gasteiger partial charge in [-0.05, 0) is 36.9 Å². The number of hydrogen-bond donors (Lipinski definition) is 2. The molecule has 0 saturated heterocycles. The maximum atomic E-state index is 12.4. The molecule has 0 heterocycles. The van der Waals surface area contributed by atoms with Crippen LogP contribution < -0.4 is 10.5 Å². The van der Waals surface area contributed by atoms with E-state index in [2.05, 4.69) is 9.46 Å². The average Bonchev–Trinajstić information content (AvgIpc) is 2.93. The zero-order valence-electron chi connectivity index (χ0n) is 12.6. The van der Waals surface area contributed by atoms with Gasteiger partial charge in [0, 0.05) is 6.04 Å². The number of carbonyl (C=O) groups is 1. The van der Waals surface area contributed by atoms with Crippen LogP contribution in [0.4, 0.5) is 0 Å². The van der Waals surface area contributed by atoms with Crippen LogP contribution in [0.15, 0.2) is 24.3 Å². The summed E-state index contributed by atoms with van der Waals surface area (Å²) in [5.74, 6) is -0.594. The molecule has 0 amide bonds. The summed E-state index contributed by atoms with van der Waals surface area (Å²) in [5.41, 5.74) is 6.39. The van der Waals surface area contributed by atoms with Crippen LogP contribution in [0.25, 0.3) is 0 Å². The van der Waals surface area contributed by atoms with E-state index in [1.54, 1.807) is 24.3 Å². The van der Waals surface area contributed by atoms with Gasteiger partial charge in [-0.2, -0.15) is 0 Å². The van der Waals surface area contributed by atoms with Crippen LogP contribution in [-0.2, 0) is 20.5 Å². The van der Waals surface area contributed by atoms with Crippen molar-refractivity contribution in [2.75, 3.05) is 13.7 Å².